The van der Waals surface area contributed by atoms with Gasteiger partial charge in [-0.25, -0.2) is 0 Å². The van der Waals surface area contributed by atoms with E-state index in [2.05, 4.69) is 23.7 Å². The molecule has 0 atom stereocenters. The van der Waals surface area contributed by atoms with Crippen molar-refractivity contribution in [1.29, 1.82) is 0 Å². The summed E-state index contributed by atoms with van der Waals surface area (Å²) in [4.78, 5) is 5.63. The van der Waals surface area contributed by atoms with Crippen LogP contribution in [-0.4, -0.2) is 34.6 Å². The third-order valence-corrected chi connectivity index (χ3v) is 3.34. The normalized spacial score (nSPS) is 11.5. The van der Waals surface area contributed by atoms with Crippen LogP contribution < -0.4 is 0 Å². The van der Waals surface area contributed by atoms with Crippen LogP contribution in [0, 0.1) is 0 Å². The van der Waals surface area contributed by atoms with Crippen molar-refractivity contribution < 1.29 is 5.11 Å². The van der Waals surface area contributed by atoms with E-state index in [-0.39, 0.29) is 0 Å². The third-order valence-electron chi connectivity index (χ3n) is 3.34. The van der Waals surface area contributed by atoms with E-state index in [1.54, 1.807) is 12.1 Å². The van der Waals surface area contributed by atoms with Gasteiger partial charge < -0.3 is 15.0 Å². The molecule has 0 unspecified atom stereocenters. The minimum Gasteiger partial charge on any atom is -0.508 e. The third kappa shape index (κ3) is 2.61. The average Bonchev–Trinajstić information content (AvgIpc) is 2.73. The topological polar surface area (TPSA) is 39.3 Å². The molecule has 0 amide bonds. The van der Waals surface area contributed by atoms with Crippen molar-refractivity contribution in [2.75, 3.05) is 19.6 Å². The van der Waals surface area contributed by atoms with E-state index in [0.717, 1.165) is 31.6 Å². The van der Waals surface area contributed by atoms with Crippen molar-refractivity contribution in [2.45, 2.75) is 20.3 Å². The van der Waals surface area contributed by atoms with Crippen molar-refractivity contribution in [2.24, 2.45) is 0 Å². The number of nitrogens with zero attached hydrogens (tertiary/aromatic N) is 1. The van der Waals surface area contributed by atoms with Gasteiger partial charge in [-0.2, -0.15) is 0 Å². The highest BCUT2D eigenvalue weighted by Gasteiger charge is 2.06. The summed E-state index contributed by atoms with van der Waals surface area (Å²) < 4.78 is 0. The van der Waals surface area contributed by atoms with Gasteiger partial charge in [-0.15, -0.1) is 0 Å². The zero-order chi connectivity index (χ0) is 12.3. The number of aromatic amines is 1. The van der Waals surface area contributed by atoms with E-state index in [4.69, 9.17) is 0 Å². The Morgan fingerprint density at radius 3 is 2.71 bits per heavy atom. The predicted molar refractivity (Wildman–Crippen MR) is 71.5 cm³/mol. The second-order valence-corrected chi connectivity index (χ2v) is 4.32. The van der Waals surface area contributed by atoms with Crippen LogP contribution in [0.4, 0.5) is 0 Å². The van der Waals surface area contributed by atoms with Gasteiger partial charge in [-0.1, -0.05) is 13.8 Å². The van der Waals surface area contributed by atoms with Gasteiger partial charge in [0.1, 0.15) is 5.75 Å². The molecule has 2 N–H and O–H groups in total. The molecule has 0 aliphatic heterocycles. The Morgan fingerprint density at radius 1 is 1.24 bits per heavy atom. The molecule has 1 aromatic carbocycles. The lowest BCUT2D eigenvalue weighted by Crippen LogP contribution is -2.25. The van der Waals surface area contributed by atoms with E-state index in [1.165, 1.54) is 10.9 Å². The largest absolute Gasteiger partial charge is 0.508 e. The van der Waals surface area contributed by atoms with Gasteiger partial charge in [0.25, 0.3) is 0 Å². The monoisotopic (exact) mass is 232 g/mol. The fourth-order valence-electron chi connectivity index (χ4n) is 2.20. The first-order chi connectivity index (χ1) is 8.24. The number of benzene rings is 1. The van der Waals surface area contributed by atoms with Gasteiger partial charge in [0.15, 0.2) is 0 Å². The number of likely N-dealkylation sites (N-methyl/N-ethyl adjacent to an activating group) is 1. The molecule has 0 saturated heterocycles. The molecule has 0 bridgehead atoms. The van der Waals surface area contributed by atoms with Crippen molar-refractivity contribution in [3.8, 4) is 5.75 Å². The fraction of sp³-hybridized carbons (Fsp3) is 0.429. The lowest BCUT2D eigenvalue weighted by molar-refractivity contribution is 0.308. The quantitative estimate of drug-likeness (QED) is 0.832. The van der Waals surface area contributed by atoms with Crippen molar-refractivity contribution in [3.63, 3.8) is 0 Å². The van der Waals surface area contributed by atoms with E-state index >= 15 is 0 Å². The summed E-state index contributed by atoms with van der Waals surface area (Å²) >= 11 is 0. The Labute approximate surface area is 102 Å². The Bertz CT molecular complexity index is 486. The Kier molecular flexibility index (Phi) is 3.69. The van der Waals surface area contributed by atoms with Crippen molar-refractivity contribution >= 4 is 10.9 Å². The molecule has 2 rings (SSSR count). The molecule has 0 aliphatic rings. The van der Waals surface area contributed by atoms with Crippen molar-refractivity contribution in [3.05, 3.63) is 30.0 Å². The SMILES string of the molecule is CCN(CC)CCc1c[nH]c2cc(O)ccc12. The number of phenolic OH excluding ortho intramolecular Hbond substituents is 1. The summed E-state index contributed by atoms with van der Waals surface area (Å²) in [5.74, 6) is 0.314. The zero-order valence-corrected chi connectivity index (χ0v) is 10.5. The number of hydrogen-bond acceptors (Lipinski definition) is 2. The average molecular weight is 232 g/mol. The van der Waals surface area contributed by atoms with E-state index in [9.17, 15) is 5.11 Å². The number of aromatic nitrogens is 1. The molecule has 0 spiro atoms. The number of aromatic hydroxyl groups is 1. The van der Waals surface area contributed by atoms with E-state index in [1.807, 2.05) is 12.3 Å². The summed E-state index contributed by atoms with van der Waals surface area (Å²) in [5.41, 5.74) is 2.34. The van der Waals surface area contributed by atoms with E-state index < -0.39 is 0 Å². The summed E-state index contributed by atoms with van der Waals surface area (Å²) in [6, 6.07) is 5.51. The minimum absolute atomic E-state index is 0.314. The number of fused-ring (bicyclic) bond motifs is 1. The standard InChI is InChI=1S/C14H20N2O/c1-3-16(4-2)8-7-11-10-15-14-9-12(17)5-6-13(11)14/h5-6,9-10,15,17H,3-4,7-8H2,1-2H3. The van der Waals surface area contributed by atoms with Crippen LogP contribution in [0.15, 0.2) is 24.4 Å². The van der Waals surface area contributed by atoms with Crippen LogP contribution in [0.25, 0.3) is 10.9 Å². The van der Waals surface area contributed by atoms with Gasteiger partial charge in [0.2, 0.25) is 0 Å². The molecule has 92 valence electrons. The van der Waals surface area contributed by atoms with Crippen LogP contribution in [0.1, 0.15) is 19.4 Å². The molecule has 2 aromatic rings. The highest BCUT2D eigenvalue weighted by atomic mass is 16.3. The van der Waals surface area contributed by atoms with Gasteiger partial charge in [-0.3, -0.25) is 0 Å². The molecular weight excluding hydrogens is 212 g/mol. The lowest BCUT2D eigenvalue weighted by atomic mass is 10.1. The molecule has 0 radical (unpaired) electrons. The summed E-state index contributed by atoms with van der Waals surface area (Å²) in [6.07, 6.45) is 3.10. The van der Waals surface area contributed by atoms with Gasteiger partial charge in [0, 0.05) is 29.7 Å². The van der Waals surface area contributed by atoms with Gasteiger partial charge >= 0.3 is 0 Å². The van der Waals surface area contributed by atoms with Crippen LogP contribution >= 0.6 is 0 Å². The molecule has 3 nitrogen and oxygen atoms in total. The van der Waals surface area contributed by atoms with Gasteiger partial charge in [-0.05, 0) is 37.2 Å². The first-order valence-electron chi connectivity index (χ1n) is 6.26. The summed E-state index contributed by atoms with van der Waals surface area (Å²) in [5, 5.41) is 10.6. The second kappa shape index (κ2) is 5.23. The number of rotatable bonds is 5. The highest BCUT2D eigenvalue weighted by Crippen LogP contribution is 2.22. The molecule has 1 aromatic heterocycles. The van der Waals surface area contributed by atoms with E-state index in [0.29, 0.717) is 5.75 Å². The highest BCUT2D eigenvalue weighted by molar-refractivity contribution is 5.84. The molecule has 1 heterocycles. The number of hydrogen-bond donors (Lipinski definition) is 2. The van der Waals surface area contributed by atoms with Crippen molar-refractivity contribution in [1.82, 2.24) is 9.88 Å². The predicted octanol–water partition coefficient (Wildman–Crippen LogP) is 2.76. The number of phenols is 1. The molecule has 3 heteroatoms. The number of H-pyrrole nitrogens is 1. The van der Waals surface area contributed by atoms with Crippen LogP contribution in [0.5, 0.6) is 5.75 Å². The first-order valence-corrected chi connectivity index (χ1v) is 6.26. The molecule has 0 saturated carbocycles. The smallest absolute Gasteiger partial charge is 0.117 e. The molecule has 17 heavy (non-hydrogen) atoms. The molecular formula is C14H20N2O. The van der Waals surface area contributed by atoms with Crippen LogP contribution in [0.3, 0.4) is 0 Å². The zero-order valence-electron chi connectivity index (χ0n) is 10.5. The summed E-state index contributed by atoms with van der Waals surface area (Å²) in [7, 11) is 0. The Balaban J connectivity index is 2.14. The van der Waals surface area contributed by atoms with Crippen LogP contribution in [0.2, 0.25) is 0 Å². The fourth-order valence-corrected chi connectivity index (χ4v) is 2.20. The molecule has 0 aliphatic carbocycles. The maximum absolute atomic E-state index is 9.41. The van der Waals surface area contributed by atoms with Crippen LogP contribution in [-0.2, 0) is 6.42 Å². The number of nitrogens with one attached hydrogen (secondary N) is 1. The molecule has 0 fully saturated rings. The summed E-state index contributed by atoms with van der Waals surface area (Å²) in [6.45, 7) is 7.66. The lowest BCUT2D eigenvalue weighted by Gasteiger charge is -2.17. The maximum atomic E-state index is 9.41. The Morgan fingerprint density at radius 2 is 2.00 bits per heavy atom. The maximum Gasteiger partial charge on any atom is 0.117 e. The second-order valence-electron chi connectivity index (χ2n) is 4.32. The Hall–Kier alpha value is -1.48. The minimum atomic E-state index is 0.314. The first kappa shape index (κ1) is 12.0. The van der Waals surface area contributed by atoms with Gasteiger partial charge in [0.05, 0.1) is 0 Å².